The molecule has 2 aromatic rings. The standard InChI is InChI=1S/C16H15NO6/c1-22-12-4-3-5-13(23-2)14(12)15(19)17-10-8-9(16(20)21)6-7-11(10)18/h3-8,18H,1-2H3,(H,17,19)(H,20,21). The second-order valence-electron chi connectivity index (χ2n) is 4.53. The Hall–Kier alpha value is -3.22. The number of nitrogens with one attached hydrogen (secondary N) is 1. The van der Waals surface area contributed by atoms with Crippen molar-refractivity contribution in [2.24, 2.45) is 0 Å². The lowest BCUT2D eigenvalue weighted by Gasteiger charge is -2.13. The van der Waals surface area contributed by atoms with Crippen molar-refractivity contribution < 1.29 is 29.3 Å². The van der Waals surface area contributed by atoms with Crippen molar-refractivity contribution in [1.82, 2.24) is 0 Å². The molecule has 0 fully saturated rings. The van der Waals surface area contributed by atoms with Crippen LogP contribution < -0.4 is 14.8 Å². The summed E-state index contributed by atoms with van der Waals surface area (Å²) in [5, 5.41) is 21.2. The number of ether oxygens (including phenoxy) is 2. The number of benzene rings is 2. The van der Waals surface area contributed by atoms with Crippen molar-refractivity contribution in [2.45, 2.75) is 0 Å². The molecule has 1 amide bonds. The van der Waals surface area contributed by atoms with Crippen LogP contribution in [0.3, 0.4) is 0 Å². The van der Waals surface area contributed by atoms with Gasteiger partial charge in [-0.25, -0.2) is 4.79 Å². The number of carboxylic acid groups (broad SMARTS) is 1. The van der Waals surface area contributed by atoms with Gasteiger partial charge in [0.25, 0.3) is 5.91 Å². The fourth-order valence-electron chi connectivity index (χ4n) is 2.03. The molecule has 0 heterocycles. The topological polar surface area (TPSA) is 105 Å². The molecule has 0 saturated carbocycles. The minimum absolute atomic E-state index is 0.0251. The zero-order chi connectivity index (χ0) is 17.0. The van der Waals surface area contributed by atoms with Crippen molar-refractivity contribution >= 4 is 17.6 Å². The van der Waals surface area contributed by atoms with Crippen LogP contribution in [0.4, 0.5) is 5.69 Å². The van der Waals surface area contributed by atoms with Gasteiger partial charge in [0.05, 0.1) is 25.5 Å². The van der Waals surface area contributed by atoms with E-state index in [1.807, 2.05) is 0 Å². The van der Waals surface area contributed by atoms with Crippen LogP contribution in [0.5, 0.6) is 17.2 Å². The first-order valence-electron chi connectivity index (χ1n) is 6.56. The Kier molecular flexibility index (Phi) is 4.70. The highest BCUT2D eigenvalue weighted by molar-refractivity contribution is 6.09. The van der Waals surface area contributed by atoms with E-state index in [9.17, 15) is 14.7 Å². The van der Waals surface area contributed by atoms with Crippen LogP contribution in [-0.4, -0.2) is 36.3 Å². The van der Waals surface area contributed by atoms with Gasteiger partial charge in [-0.2, -0.15) is 0 Å². The summed E-state index contributed by atoms with van der Waals surface area (Å²) in [6, 6.07) is 8.43. The van der Waals surface area contributed by atoms with Gasteiger partial charge in [-0.3, -0.25) is 4.79 Å². The molecule has 0 aliphatic carbocycles. The molecule has 2 aromatic carbocycles. The molecular weight excluding hydrogens is 302 g/mol. The molecule has 0 bridgehead atoms. The van der Waals surface area contributed by atoms with Gasteiger partial charge in [0.2, 0.25) is 0 Å². The molecule has 7 heteroatoms. The predicted octanol–water partition coefficient (Wildman–Crippen LogP) is 2.36. The Morgan fingerprint density at radius 2 is 1.65 bits per heavy atom. The van der Waals surface area contributed by atoms with Gasteiger partial charge in [0.1, 0.15) is 22.8 Å². The van der Waals surface area contributed by atoms with E-state index in [0.717, 1.165) is 6.07 Å². The summed E-state index contributed by atoms with van der Waals surface area (Å²) in [7, 11) is 2.82. The van der Waals surface area contributed by atoms with Crippen LogP contribution in [0.1, 0.15) is 20.7 Å². The third-order valence-corrected chi connectivity index (χ3v) is 3.15. The molecule has 0 aromatic heterocycles. The van der Waals surface area contributed by atoms with E-state index in [1.54, 1.807) is 18.2 Å². The van der Waals surface area contributed by atoms with E-state index >= 15 is 0 Å². The van der Waals surface area contributed by atoms with Gasteiger partial charge in [0, 0.05) is 0 Å². The van der Waals surface area contributed by atoms with Gasteiger partial charge < -0.3 is 25.0 Å². The largest absolute Gasteiger partial charge is 0.506 e. The fourth-order valence-corrected chi connectivity index (χ4v) is 2.03. The number of amides is 1. The number of rotatable bonds is 5. The lowest BCUT2D eigenvalue weighted by molar-refractivity contribution is 0.0696. The number of phenols is 1. The number of aromatic hydroxyl groups is 1. The number of hydrogen-bond acceptors (Lipinski definition) is 5. The van der Waals surface area contributed by atoms with E-state index in [2.05, 4.69) is 5.32 Å². The number of hydrogen-bond donors (Lipinski definition) is 3. The number of carbonyl (C=O) groups is 2. The van der Waals surface area contributed by atoms with Gasteiger partial charge in [-0.1, -0.05) is 6.07 Å². The third-order valence-electron chi connectivity index (χ3n) is 3.15. The quantitative estimate of drug-likeness (QED) is 0.731. The zero-order valence-corrected chi connectivity index (χ0v) is 12.5. The summed E-state index contributed by atoms with van der Waals surface area (Å²) >= 11 is 0. The van der Waals surface area contributed by atoms with E-state index < -0.39 is 11.9 Å². The first-order chi connectivity index (χ1) is 11.0. The van der Waals surface area contributed by atoms with Crippen LogP contribution >= 0.6 is 0 Å². The number of carbonyl (C=O) groups excluding carboxylic acids is 1. The first-order valence-corrected chi connectivity index (χ1v) is 6.56. The van der Waals surface area contributed by atoms with Crippen LogP contribution in [0.15, 0.2) is 36.4 Å². The summed E-state index contributed by atoms with van der Waals surface area (Å²) in [4.78, 5) is 23.5. The average Bonchev–Trinajstić information content (AvgIpc) is 2.55. The maximum atomic E-state index is 12.5. The summed E-state index contributed by atoms with van der Waals surface area (Å²) in [5.41, 5.74) is 0.0468. The van der Waals surface area contributed by atoms with E-state index in [0.29, 0.717) is 0 Å². The van der Waals surface area contributed by atoms with Crippen molar-refractivity contribution in [1.29, 1.82) is 0 Å². The lowest BCUT2D eigenvalue weighted by Crippen LogP contribution is -2.15. The SMILES string of the molecule is COc1cccc(OC)c1C(=O)Nc1cc(C(=O)O)ccc1O. The summed E-state index contributed by atoms with van der Waals surface area (Å²) in [5.74, 6) is -1.45. The van der Waals surface area contributed by atoms with Crippen molar-refractivity contribution in [3.8, 4) is 17.2 Å². The molecule has 0 unspecified atom stereocenters. The minimum Gasteiger partial charge on any atom is -0.506 e. The fraction of sp³-hybridized carbons (Fsp3) is 0.125. The molecule has 3 N–H and O–H groups in total. The van der Waals surface area contributed by atoms with Crippen molar-refractivity contribution in [3.63, 3.8) is 0 Å². The normalized spacial score (nSPS) is 10.0. The maximum Gasteiger partial charge on any atom is 0.335 e. The summed E-state index contributed by atoms with van der Waals surface area (Å²) in [6.07, 6.45) is 0. The third kappa shape index (κ3) is 3.34. The highest BCUT2D eigenvalue weighted by Crippen LogP contribution is 2.31. The van der Waals surface area contributed by atoms with Gasteiger partial charge in [-0.15, -0.1) is 0 Å². The highest BCUT2D eigenvalue weighted by atomic mass is 16.5. The highest BCUT2D eigenvalue weighted by Gasteiger charge is 2.20. The number of carboxylic acids is 1. The molecule has 0 radical (unpaired) electrons. The Morgan fingerprint density at radius 1 is 1.04 bits per heavy atom. The Morgan fingerprint density at radius 3 is 2.17 bits per heavy atom. The molecule has 0 saturated heterocycles. The number of anilines is 1. The van der Waals surface area contributed by atoms with Gasteiger partial charge in [-0.05, 0) is 30.3 Å². The van der Waals surface area contributed by atoms with E-state index in [1.165, 1.54) is 26.4 Å². The van der Waals surface area contributed by atoms with Crippen molar-refractivity contribution in [3.05, 3.63) is 47.5 Å². The maximum absolute atomic E-state index is 12.5. The first kappa shape index (κ1) is 16.2. The number of phenolic OH excluding ortho intramolecular Hbond substituents is 1. The van der Waals surface area contributed by atoms with Crippen molar-refractivity contribution in [2.75, 3.05) is 19.5 Å². The van der Waals surface area contributed by atoms with E-state index in [-0.39, 0.29) is 34.1 Å². The number of aromatic carboxylic acids is 1. The second kappa shape index (κ2) is 6.69. The Labute approximate surface area is 132 Å². The zero-order valence-electron chi connectivity index (χ0n) is 12.5. The summed E-state index contributed by atoms with van der Waals surface area (Å²) < 4.78 is 10.3. The Balaban J connectivity index is 2.40. The second-order valence-corrected chi connectivity index (χ2v) is 4.53. The molecule has 120 valence electrons. The molecule has 23 heavy (non-hydrogen) atoms. The van der Waals surface area contributed by atoms with Gasteiger partial charge >= 0.3 is 5.97 Å². The smallest absolute Gasteiger partial charge is 0.335 e. The van der Waals surface area contributed by atoms with Gasteiger partial charge in [0.15, 0.2) is 0 Å². The van der Waals surface area contributed by atoms with E-state index in [4.69, 9.17) is 14.6 Å². The molecular formula is C16H15NO6. The molecule has 0 aliphatic heterocycles. The molecule has 2 rings (SSSR count). The van der Waals surface area contributed by atoms with Crippen LogP contribution in [-0.2, 0) is 0 Å². The van der Waals surface area contributed by atoms with Crippen LogP contribution in [0, 0.1) is 0 Å². The lowest BCUT2D eigenvalue weighted by atomic mass is 10.1. The number of methoxy groups -OCH3 is 2. The molecule has 0 spiro atoms. The predicted molar refractivity (Wildman–Crippen MR) is 82.6 cm³/mol. The molecule has 0 aliphatic rings. The molecule has 7 nitrogen and oxygen atoms in total. The monoisotopic (exact) mass is 317 g/mol. The minimum atomic E-state index is -1.17. The van der Waals surface area contributed by atoms with Crippen LogP contribution in [0.2, 0.25) is 0 Å². The summed E-state index contributed by atoms with van der Waals surface area (Å²) in [6.45, 7) is 0. The van der Waals surface area contributed by atoms with Crippen LogP contribution in [0.25, 0.3) is 0 Å². The molecule has 0 atom stereocenters. The average molecular weight is 317 g/mol. The Bertz CT molecular complexity index is 734.